The molecular formula is C13H11BN2O6S. The van der Waals surface area contributed by atoms with Crippen molar-refractivity contribution in [3.8, 4) is 0 Å². The minimum absolute atomic E-state index is 0.219. The van der Waals surface area contributed by atoms with E-state index in [-0.39, 0.29) is 22.9 Å². The molecule has 2 aromatic rings. The number of nitrogens with zero attached hydrogens (tertiary/aromatic N) is 1. The molecule has 1 aliphatic heterocycles. The van der Waals surface area contributed by atoms with Gasteiger partial charge in [0.2, 0.25) is 0 Å². The first-order valence-electron chi connectivity index (χ1n) is 6.56. The average molecular weight is 334 g/mol. The summed E-state index contributed by atoms with van der Waals surface area (Å²) in [5.74, 6) is 0. The maximum atomic E-state index is 12.3. The summed E-state index contributed by atoms with van der Waals surface area (Å²) in [4.78, 5) is 9.87. The van der Waals surface area contributed by atoms with Crippen LogP contribution in [0.2, 0.25) is 0 Å². The van der Waals surface area contributed by atoms with Crippen LogP contribution in [0.3, 0.4) is 0 Å². The van der Waals surface area contributed by atoms with Gasteiger partial charge in [-0.1, -0.05) is 12.1 Å². The molecule has 0 amide bonds. The highest BCUT2D eigenvalue weighted by molar-refractivity contribution is 7.92. The van der Waals surface area contributed by atoms with Crippen LogP contribution in [0.1, 0.15) is 5.56 Å². The first-order chi connectivity index (χ1) is 10.9. The molecule has 0 atom stereocenters. The van der Waals surface area contributed by atoms with Gasteiger partial charge in [-0.2, -0.15) is 0 Å². The van der Waals surface area contributed by atoms with Crippen molar-refractivity contribution in [3.05, 3.63) is 58.1 Å². The van der Waals surface area contributed by atoms with Crippen molar-refractivity contribution in [1.82, 2.24) is 0 Å². The van der Waals surface area contributed by atoms with Crippen LogP contribution in [0.4, 0.5) is 11.4 Å². The fourth-order valence-electron chi connectivity index (χ4n) is 2.26. The molecule has 23 heavy (non-hydrogen) atoms. The Kier molecular flexibility index (Phi) is 3.80. The zero-order valence-corrected chi connectivity index (χ0v) is 12.5. The zero-order chi connectivity index (χ0) is 16.6. The number of hydrogen-bond donors (Lipinski definition) is 2. The Balaban J connectivity index is 1.91. The minimum Gasteiger partial charge on any atom is -0.423 e. The van der Waals surface area contributed by atoms with Crippen molar-refractivity contribution >= 4 is 34.0 Å². The van der Waals surface area contributed by atoms with E-state index in [9.17, 15) is 23.6 Å². The van der Waals surface area contributed by atoms with Gasteiger partial charge >= 0.3 is 7.12 Å². The van der Waals surface area contributed by atoms with Crippen LogP contribution in [0, 0.1) is 10.1 Å². The van der Waals surface area contributed by atoms with Gasteiger partial charge < -0.3 is 9.68 Å². The predicted octanol–water partition coefficient (Wildman–Crippen LogP) is 0.613. The van der Waals surface area contributed by atoms with Crippen LogP contribution in [0.5, 0.6) is 0 Å². The fourth-order valence-corrected chi connectivity index (χ4v) is 3.35. The van der Waals surface area contributed by atoms with E-state index in [2.05, 4.69) is 4.72 Å². The first-order valence-corrected chi connectivity index (χ1v) is 8.05. The van der Waals surface area contributed by atoms with Gasteiger partial charge in [-0.3, -0.25) is 14.8 Å². The molecule has 2 N–H and O–H groups in total. The fraction of sp³-hybridized carbons (Fsp3) is 0.0769. The van der Waals surface area contributed by atoms with Gasteiger partial charge in [0, 0.05) is 17.8 Å². The summed E-state index contributed by atoms with van der Waals surface area (Å²) in [5, 5.41) is 20.4. The molecule has 8 nitrogen and oxygen atoms in total. The molecule has 10 heteroatoms. The second kappa shape index (κ2) is 5.65. The van der Waals surface area contributed by atoms with Gasteiger partial charge in [-0.05, 0) is 29.2 Å². The number of nitro benzene ring substituents is 1. The summed E-state index contributed by atoms with van der Waals surface area (Å²) in [6, 6.07) is 9.41. The van der Waals surface area contributed by atoms with Crippen molar-refractivity contribution in [2.75, 3.05) is 4.72 Å². The lowest BCUT2D eigenvalue weighted by Gasteiger charge is -2.09. The lowest BCUT2D eigenvalue weighted by Crippen LogP contribution is -2.28. The normalized spacial score (nSPS) is 13.7. The van der Waals surface area contributed by atoms with Gasteiger partial charge in [0.1, 0.15) is 0 Å². The molecule has 0 aliphatic carbocycles. The molecule has 0 unspecified atom stereocenters. The van der Waals surface area contributed by atoms with Crippen LogP contribution in [0.15, 0.2) is 47.4 Å². The lowest BCUT2D eigenvalue weighted by molar-refractivity contribution is -0.385. The molecule has 0 fully saturated rings. The number of benzene rings is 2. The third kappa shape index (κ3) is 3.04. The van der Waals surface area contributed by atoms with Crippen molar-refractivity contribution < 1.29 is 23.0 Å². The van der Waals surface area contributed by atoms with E-state index in [0.717, 1.165) is 11.6 Å². The molecule has 3 rings (SSSR count). The average Bonchev–Trinajstić information content (AvgIpc) is 2.88. The number of nitrogens with one attached hydrogen (secondary N) is 1. The highest BCUT2D eigenvalue weighted by Gasteiger charge is 2.28. The van der Waals surface area contributed by atoms with Gasteiger partial charge in [0.15, 0.2) is 0 Å². The molecule has 1 aliphatic rings. The zero-order valence-electron chi connectivity index (χ0n) is 11.7. The number of rotatable bonds is 4. The Hall–Kier alpha value is -2.43. The first kappa shape index (κ1) is 15.5. The van der Waals surface area contributed by atoms with Crippen LogP contribution in [0.25, 0.3) is 0 Å². The number of non-ortho nitro benzene ring substituents is 1. The molecule has 2 aromatic carbocycles. The second-order valence-corrected chi connectivity index (χ2v) is 6.62. The van der Waals surface area contributed by atoms with E-state index in [4.69, 9.17) is 4.65 Å². The number of nitro groups is 1. The van der Waals surface area contributed by atoms with Crippen LogP contribution in [-0.4, -0.2) is 25.5 Å². The van der Waals surface area contributed by atoms with E-state index in [1.165, 1.54) is 30.3 Å². The molecule has 0 spiro atoms. The summed E-state index contributed by atoms with van der Waals surface area (Å²) < 4.78 is 32.0. The largest absolute Gasteiger partial charge is 0.491 e. The summed E-state index contributed by atoms with van der Waals surface area (Å²) in [7, 11) is -5.07. The van der Waals surface area contributed by atoms with Gasteiger partial charge in [-0.15, -0.1) is 0 Å². The molecule has 0 saturated carbocycles. The molecule has 118 valence electrons. The molecule has 0 saturated heterocycles. The standard InChI is InChI=1S/C13H11BN2O6S/c17-14-13-6-10(5-4-9(13)8-22-14)15-23(20,21)12-3-1-2-11(7-12)16(18)19/h1-7,15,17H,8H2. The Labute approximate surface area is 132 Å². The smallest absolute Gasteiger partial charge is 0.423 e. The lowest BCUT2D eigenvalue weighted by atomic mass is 9.79. The van der Waals surface area contributed by atoms with Crippen LogP contribution in [-0.2, 0) is 21.3 Å². The van der Waals surface area contributed by atoms with E-state index in [0.29, 0.717) is 5.46 Å². The SMILES string of the molecule is O=[N+]([O-])c1cccc(S(=O)(=O)Nc2ccc3c(c2)B(O)OC3)c1. The second-order valence-electron chi connectivity index (χ2n) is 4.94. The topological polar surface area (TPSA) is 119 Å². The molecule has 0 radical (unpaired) electrons. The van der Waals surface area contributed by atoms with E-state index in [1.54, 1.807) is 6.07 Å². The number of sulfonamides is 1. The van der Waals surface area contributed by atoms with Crippen molar-refractivity contribution in [1.29, 1.82) is 0 Å². The quantitative estimate of drug-likeness (QED) is 0.480. The Morgan fingerprint density at radius 3 is 2.78 bits per heavy atom. The van der Waals surface area contributed by atoms with Gasteiger partial charge in [0.05, 0.1) is 16.4 Å². The van der Waals surface area contributed by atoms with E-state index in [1.807, 2.05) is 0 Å². The summed E-state index contributed by atoms with van der Waals surface area (Å²) in [5.41, 5.74) is 1.19. The van der Waals surface area contributed by atoms with Crippen molar-refractivity contribution in [3.63, 3.8) is 0 Å². The summed E-state index contributed by atoms with van der Waals surface area (Å²) in [6.07, 6.45) is 0. The number of anilines is 1. The summed E-state index contributed by atoms with van der Waals surface area (Å²) >= 11 is 0. The maximum absolute atomic E-state index is 12.3. The monoisotopic (exact) mass is 334 g/mol. The van der Waals surface area contributed by atoms with E-state index >= 15 is 0 Å². The Morgan fingerprint density at radius 2 is 2.04 bits per heavy atom. The number of fused-ring (bicyclic) bond motifs is 1. The van der Waals surface area contributed by atoms with Gasteiger partial charge in [-0.25, -0.2) is 8.42 Å². The maximum Gasteiger partial charge on any atom is 0.491 e. The number of hydrogen-bond acceptors (Lipinski definition) is 6. The molecule has 1 heterocycles. The van der Waals surface area contributed by atoms with Crippen LogP contribution >= 0.6 is 0 Å². The van der Waals surface area contributed by atoms with Gasteiger partial charge in [0.25, 0.3) is 15.7 Å². The summed E-state index contributed by atoms with van der Waals surface area (Å²) in [6.45, 7) is 0.258. The molecular weight excluding hydrogens is 323 g/mol. The van der Waals surface area contributed by atoms with Crippen molar-refractivity contribution in [2.24, 2.45) is 0 Å². The highest BCUT2D eigenvalue weighted by atomic mass is 32.2. The van der Waals surface area contributed by atoms with Crippen molar-refractivity contribution in [2.45, 2.75) is 11.5 Å². The minimum atomic E-state index is -3.98. The Morgan fingerprint density at radius 1 is 1.26 bits per heavy atom. The van der Waals surface area contributed by atoms with Crippen LogP contribution < -0.4 is 10.2 Å². The molecule has 0 aromatic heterocycles. The highest BCUT2D eigenvalue weighted by Crippen LogP contribution is 2.21. The molecule has 0 bridgehead atoms. The third-order valence-electron chi connectivity index (χ3n) is 3.40. The Bertz CT molecular complexity index is 886. The van der Waals surface area contributed by atoms with E-state index < -0.39 is 22.1 Å². The third-order valence-corrected chi connectivity index (χ3v) is 4.78. The predicted molar refractivity (Wildman–Crippen MR) is 82.7 cm³/mol.